The molecule has 0 aromatic heterocycles. The van der Waals surface area contributed by atoms with Gasteiger partial charge in [-0.15, -0.1) is 0 Å². The van der Waals surface area contributed by atoms with Crippen LogP contribution in [0.5, 0.6) is 11.5 Å². The van der Waals surface area contributed by atoms with Gasteiger partial charge < -0.3 is 29.9 Å². The zero-order valence-corrected chi connectivity index (χ0v) is 22.9. The Kier molecular flexibility index (Phi) is 8.23. The van der Waals surface area contributed by atoms with Crippen LogP contribution in [0.4, 0.5) is 0 Å². The third kappa shape index (κ3) is 5.76. The number of carbonyl (C=O) groups excluding carboxylic acids is 4. The second-order valence-electron chi connectivity index (χ2n) is 10.6. The molecule has 0 unspecified atom stereocenters. The summed E-state index contributed by atoms with van der Waals surface area (Å²) in [7, 11) is 3.17. The molecule has 3 aliphatic rings. The first kappa shape index (κ1) is 27.5. The van der Waals surface area contributed by atoms with Crippen LogP contribution in [0.25, 0.3) is 0 Å². The number of nitrogens with zero attached hydrogens (tertiary/aromatic N) is 2. The molecule has 5 rings (SSSR count). The highest BCUT2D eigenvalue weighted by atomic mass is 16.5. The molecule has 10 nitrogen and oxygen atoms in total. The van der Waals surface area contributed by atoms with Crippen molar-refractivity contribution >= 4 is 23.6 Å². The van der Waals surface area contributed by atoms with Gasteiger partial charge in [-0.3, -0.25) is 19.2 Å². The number of benzene rings is 2. The monoisotopic (exact) mass is 548 g/mol. The number of amides is 4. The SMILES string of the molecule is COc1ccc(C[C@@H]2NC(=O)[C@H]3CCCN3C(=O)[C@H](Cc3ccc(OC)cc3)NC(=O)[C@H]3CCCN3C2=O)cc1. The van der Waals surface area contributed by atoms with Gasteiger partial charge in [-0.1, -0.05) is 24.3 Å². The van der Waals surface area contributed by atoms with Crippen LogP contribution in [-0.2, 0) is 32.0 Å². The second kappa shape index (κ2) is 12.0. The normalized spacial score (nSPS) is 25.4. The fourth-order valence-electron chi connectivity index (χ4n) is 5.94. The zero-order valence-electron chi connectivity index (χ0n) is 22.9. The molecule has 0 spiro atoms. The summed E-state index contributed by atoms with van der Waals surface area (Å²) in [6.07, 6.45) is 2.85. The van der Waals surface area contributed by atoms with E-state index in [1.165, 1.54) is 0 Å². The smallest absolute Gasteiger partial charge is 0.246 e. The van der Waals surface area contributed by atoms with Gasteiger partial charge in [-0.2, -0.15) is 0 Å². The molecule has 2 aromatic rings. The van der Waals surface area contributed by atoms with Gasteiger partial charge in [-0.25, -0.2) is 0 Å². The Hall–Kier alpha value is -4.08. The minimum Gasteiger partial charge on any atom is -0.497 e. The number of hydrogen-bond donors (Lipinski definition) is 2. The number of nitrogens with one attached hydrogen (secondary N) is 2. The van der Waals surface area contributed by atoms with Crippen LogP contribution < -0.4 is 20.1 Å². The lowest BCUT2D eigenvalue weighted by molar-refractivity contribution is -0.146. The van der Waals surface area contributed by atoms with E-state index in [-0.39, 0.29) is 36.5 Å². The molecule has 4 atom stereocenters. The lowest BCUT2D eigenvalue weighted by atomic mass is 10.0. The Labute approximate surface area is 234 Å². The van der Waals surface area contributed by atoms with Crippen molar-refractivity contribution < 1.29 is 28.7 Å². The maximum absolute atomic E-state index is 13.9. The Balaban J connectivity index is 1.44. The third-order valence-electron chi connectivity index (χ3n) is 8.10. The molecule has 0 radical (unpaired) electrons. The summed E-state index contributed by atoms with van der Waals surface area (Å²) in [5, 5.41) is 5.91. The van der Waals surface area contributed by atoms with Crippen LogP contribution in [0.1, 0.15) is 36.8 Å². The van der Waals surface area contributed by atoms with E-state index in [0.29, 0.717) is 50.3 Å². The van der Waals surface area contributed by atoms with Gasteiger partial charge in [0.2, 0.25) is 23.6 Å². The molecule has 3 heterocycles. The molecule has 40 heavy (non-hydrogen) atoms. The van der Waals surface area contributed by atoms with E-state index in [2.05, 4.69) is 10.6 Å². The average Bonchev–Trinajstić information content (AvgIpc) is 3.67. The van der Waals surface area contributed by atoms with E-state index >= 15 is 0 Å². The number of ether oxygens (including phenoxy) is 2. The number of rotatable bonds is 6. The maximum atomic E-state index is 13.9. The standard InChI is InChI=1S/C30H36N4O6/c1-39-21-11-7-19(8-12-21)17-23-29(37)33-15-3-6-26(33)28(36)32-24(18-20-9-13-22(40-2)14-10-20)30(38)34-16-4-5-25(34)27(35)31-23/h7-14,23-26H,3-6,15-18H2,1-2H3,(H,31,35)(H,32,36)/t23-,24-,25+,26+/m0/s1. The van der Waals surface area contributed by atoms with Crippen molar-refractivity contribution in [1.29, 1.82) is 0 Å². The summed E-state index contributed by atoms with van der Waals surface area (Å²) in [6, 6.07) is 11.5. The van der Waals surface area contributed by atoms with E-state index < -0.39 is 24.2 Å². The first-order chi connectivity index (χ1) is 19.4. The predicted molar refractivity (Wildman–Crippen MR) is 147 cm³/mol. The van der Waals surface area contributed by atoms with Gasteiger partial charge in [0, 0.05) is 25.9 Å². The number of carbonyl (C=O) groups is 4. The molecule has 2 N–H and O–H groups in total. The summed E-state index contributed by atoms with van der Waals surface area (Å²) in [5.41, 5.74) is 1.70. The molecule has 0 saturated carbocycles. The highest BCUT2D eigenvalue weighted by Crippen LogP contribution is 2.25. The fourth-order valence-corrected chi connectivity index (χ4v) is 5.94. The summed E-state index contributed by atoms with van der Waals surface area (Å²) < 4.78 is 10.5. The van der Waals surface area contributed by atoms with E-state index in [1.807, 2.05) is 48.5 Å². The van der Waals surface area contributed by atoms with Gasteiger partial charge in [0.25, 0.3) is 0 Å². The zero-order chi connectivity index (χ0) is 28.2. The van der Waals surface area contributed by atoms with Crippen molar-refractivity contribution in [3.05, 3.63) is 59.7 Å². The summed E-state index contributed by atoms with van der Waals surface area (Å²) in [6.45, 7) is 0.830. The van der Waals surface area contributed by atoms with Gasteiger partial charge >= 0.3 is 0 Å². The first-order valence-corrected chi connectivity index (χ1v) is 13.9. The lowest BCUT2D eigenvalue weighted by Gasteiger charge is -2.34. The van der Waals surface area contributed by atoms with E-state index in [1.54, 1.807) is 24.0 Å². The van der Waals surface area contributed by atoms with Crippen molar-refractivity contribution in [3.63, 3.8) is 0 Å². The van der Waals surface area contributed by atoms with Crippen molar-refractivity contribution in [3.8, 4) is 11.5 Å². The van der Waals surface area contributed by atoms with Gasteiger partial charge in [0.05, 0.1) is 14.2 Å². The number of fused-ring (bicyclic) bond motifs is 2. The quantitative estimate of drug-likeness (QED) is 0.565. The molecular formula is C30H36N4O6. The van der Waals surface area contributed by atoms with Crippen LogP contribution in [0, 0.1) is 0 Å². The van der Waals surface area contributed by atoms with Crippen molar-refractivity contribution in [2.45, 2.75) is 62.7 Å². The highest BCUT2D eigenvalue weighted by molar-refractivity contribution is 5.98. The van der Waals surface area contributed by atoms with E-state index in [9.17, 15) is 19.2 Å². The Morgan fingerprint density at radius 2 is 1.02 bits per heavy atom. The number of hydrogen-bond acceptors (Lipinski definition) is 6. The van der Waals surface area contributed by atoms with Crippen LogP contribution in [-0.4, -0.2) is 84.9 Å². The molecule has 212 valence electrons. The highest BCUT2D eigenvalue weighted by Gasteiger charge is 2.43. The average molecular weight is 549 g/mol. The molecular weight excluding hydrogens is 512 g/mol. The largest absolute Gasteiger partial charge is 0.497 e. The molecule has 2 aromatic carbocycles. The van der Waals surface area contributed by atoms with E-state index in [4.69, 9.17) is 9.47 Å². The molecule has 3 fully saturated rings. The summed E-state index contributed by atoms with van der Waals surface area (Å²) in [5.74, 6) is 0.124. The minimum atomic E-state index is -0.860. The minimum absolute atomic E-state index is 0.264. The Bertz CT molecular complexity index is 1150. The summed E-state index contributed by atoms with van der Waals surface area (Å²) >= 11 is 0. The molecule has 0 bridgehead atoms. The second-order valence-corrected chi connectivity index (χ2v) is 10.6. The van der Waals surface area contributed by atoms with Crippen LogP contribution >= 0.6 is 0 Å². The van der Waals surface area contributed by atoms with Gasteiger partial charge in [-0.05, 0) is 61.1 Å². The molecule has 3 saturated heterocycles. The topological polar surface area (TPSA) is 117 Å². The Morgan fingerprint density at radius 3 is 1.38 bits per heavy atom. The molecule has 10 heteroatoms. The number of methoxy groups -OCH3 is 2. The van der Waals surface area contributed by atoms with Gasteiger partial charge in [0.1, 0.15) is 35.7 Å². The fraction of sp³-hybridized carbons (Fsp3) is 0.467. The first-order valence-electron chi connectivity index (χ1n) is 13.9. The van der Waals surface area contributed by atoms with Crippen LogP contribution in [0.3, 0.4) is 0 Å². The molecule has 3 aliphatic heterocycles. The predicted octanol–water partition coefficient (Wildman–Crippen LogP) is 1.45. The Morgan fingerprint density at radius 1 is 0.650 bits per heavy atom. The van der Waals surface area contributed by atoms with Crippen LogP contribution in [0.2, 0.25) is 0 Å². The third-order valence-corrected chi connectivity index (χ3v) is 8.10. The van der Waals surface area contributed by atoms with Crippen molar-refractivity contribution in [2.75, 3.05) is 27.3 Å². The summed E-state index contributed by atoms with van der Waals surface area (Å²) in [4.78, 5) is 58.1. The lowest BCUT2D eigenvalue weighted by Crippen LogP contribution is -2.61. The molecule has 4 amide bonds. The molecule has 0 aliphatic carbocycles. The van der Waals surface area contributed by atoms with Crippen LogP contribution in [0.15, 0.2) is 48.5 Å². The van der Waals surface area contributed by atoms with Crippen molar-refractivity contribution in [2.24, 2.45) is 0 Å². The van der Waals surface area contributed by atoms with Gasteiger partial charge in [0.15, 0.2) is 0 Å². The van der Waals surface area contributed by atoms with E-state index in [0.717, 1.165) is 11.1 Å². The maximum Gasteiger partial charge on any atom is 0.246 e. The van der Waals surface area contributed by atoms with Crippen molar-refractivity contribution in [1.82, 2.24) is 20.4 Å².